The molecule has 6 heteroatoms. The first-order chi connectivity index (χ1) is 14.7. The summed E-state index contributed by atoms with van der Waals surface area (Å²) in [6, 6.07) is 18.1. The molecule has 0 atom stereocenters. The average Bonchev–Trinajstić information content (AvgIpc) is 2.81. The summed E-state index contributed by atoms with van der Waals surface area (Å²) in [6.07, 6.45) is 3.07. The van der Waals surface area contributed by atoms with Gasteiger partial charge in [-0.25, -0.2) is 4.79 Å². The number of ether oxygens (including phenoxy) is 1. The Morgan fingerprint density at radius 1 is 0.867 bits per heavy atom. The summed E-state index contributed by atoms with van der Waals surface area (Å²) < 4.78 is 5.16. The van der Waals surface area contributed by atoms with Gasteiger partial charge < -0.3 is 19.9 Å². The van der Waals surface area contributed by atoms with Crippen molar-refractivity contribution in [1.29, 1.82) is 0 Å². The van der Waals surface area contributed by atoms with E-state index < -0.39 is 0 Å². The molecule has 3 rings (SSSR count). The molecular formula is C24H31N3O3. The number of benzene rings is 2. The lowest BCUT2D eigenvalue weighted by atomic mass is 10.1. The molecular weight excluding hydrogens is 378 g/mol. The predicted molar refractivity (Wildman–Crippen MR) is 118 cm³/mol. The van der Waals surface area contributed by atoms with Gasteiger partial charge in [-0.15, -0.1) is 0 Å². The van der Waals surface area contributed by atoms with Crippen LogP contribution < -0.4 is 10.1 Å². The Labute approximate surface area is 178 Å². The van der Waals surface area contributed by atoms with Gasteiger partial charge in [0.2, 0.25) is 5.91 Å². The highest BCUT2D eigenvalue weighted by Gasteiger charge is 2.23. The summed E-state index contributed by atoms with van der Waals surface area (Å²) in [6.45, 7) is 3.02. The quantitative estimate of drug-likeness (QED) is 0.682. The highest BCUT2D eigenvalue weighted by Crippen LogP contribution is 2.13. The second kappa shape index (κ2) is 11.2. The Balaban J connectivity index is 1.32. The molecule has 0 radical (unpaired) electrons. The maximum atomic E-state index is 12.5. The van der Waals surface area contributed by atoms with Crippen LogP contribution in [0.3, 0.4) is 0 Å². The number of nitrogens with one attached hydrogen (secondary N) is 1. The number of piperazine rings is 1. The van der Waals surface area contributed by atoms with Gasteiger partial charge in [0.15, 0.2) is 0 Å². The van der Waals surface area contributed by atoms with Crippen LogP contribution in [0.2, 0.25) is 0 Å². The summed E-state index contributed by atoms with van der Waals surface area (Å²) in [5.74, 6) is 0.966. The summed E-state index contributed by atoms with van der Waals surface area (Å²) >= 11 is 0. The summed E-state index contributed by atoms with van der Waals surface area (Å²) in [5.41, 5.74) is 2.41. The van der Waals surface area contributed by atoms with Crippen LogP contribution in [0.25, 0.3) is 0 Å². The molecule has 1 aliphatic heterocycles. The SMILES string of the molecule is COc1ccc(CCC(=O)N2CCN(C(=O)NCCCc3ccccc3)CC2)cc1. The number of nitrogens with zero attached hydrogens (tertiary/aromatic N) is 2. The first-order valence-electron chi connectivity index (χ1n) is 10.6. The molecule has 2 aromatic carbocycles. The van der Waals surface area contributed by atoms with Crippen LogP contribution in [0, 0.1) is 0 Å². The standard InChI is InChI=1S/C24H31N3O3/c1-30-22-12-9-21(10-13-22)11-14-23(28)26-16-18-27(19-17-26)24(29)25-15-5-8-20-6-3-2-4-7-20/h2-4,6-7,9-10,12-13H,5,8,11,14-19H2,1H3,(H,25,29). The number of hydrogen-bond donors (Lipinski definition) is 1. The minimum absolute atomic E-state index is 0.0339. The third-order valence-corrected chi connectivity index (χ3v) is 5.47. The maximum Gasteiger partial charge on any atom is 0.317 e. The smallest absolute Gasteiger partial charge is 0.317 e. The number of methoxy groups -OCH3 is 1. The van der Waals surface area contributed by atoms with E-state index in [9.17, 15) is 9.59 Å². The zero-order valence-electron chi connectivity index (χ0n) is 17.7. The van der Waals surface area contributed by atoms with Crippen molar-refractivity contribution in [3.8, 4) is 5.75 Å². The van der Waals surface area contributed by atoms with E-state index in [2.05, 4.69) is 17.4 Å². The molecule has 1 N–H and O–H groups in total. The molecule has 0 unspecified atom stereocenters. The Kier molecular flexibility index (Phi) is 8.12. The van der Waals surface area contributed by atoms with E-state index in [1.165, 1.54) is 5.56 Å². The third-order valence-electron chi connectivity index (χ3n) is 5.47. The first kappa shape index (κ1) is 21.7. The first-order valence-corrected chi connectivity index (χ1v) is 10.6. The largest absolute Gasteiger partial charge is 0.497 e. The highest BCUT2D eigenvalue weighted by atomic mass is 16.5. The molecule has 30 heavy (non-hydrogen) atoms. The van der Waals surface area contributed by atoms with Crippen molar-refractivity contribution in [2.45, 2.75) is 25.7 Å². The van der Waals surface area contributed by atoms with E-state index in [1.807, 2.05) is 47.4 Å². The summed E-state index contributed by atoms with van der Waals surface area (Å²) in [5, 5.41) is 3.00. The molecule has 0 bridgehead atoms. The Bertz CT molecular complexity index is 800. The van der Waals surface area contributed by atoms with Crippen LogP contribution in [0.1, 0.15) is 24.0 Å². The number of amides is 3. The molecule has 3 amide bonds. The van der Waals surface area contributed by atoms with Gasteiger partial charge in [0.05, 0.1) is 7.11 Å². The van der Waals surface area contributed by atoms with Crippen LogP contribution in [-0.2, 0) is 17.6 Å². The molecule has 160 valence electrons. The van der Waals surface area contributed by atoms with Crippen LogP contribution in [0.15, 0.2) is 54.6 Å². The molecule has 0 saturated carbocycles. The Hall–Kier alpha value is -3.02. The molecule has 1 heterocycles. The van der Waals surface area contributed by atoms with E-state index in [4.69, 9.17) is 4.74 Å². The monoisotopic (exact) mass is 409 g/mol. The highest BCUT2D eigenvalue weighted by molar-refractivity contribution is 5.78. The minimum atomic E-state index is -0.0339. The fourth-order valence-electron chi connectivity index (χ4n) is 3.60. The molecule has 1 saturated heterocycles. The van der Waals surface area contributed by atoms with Crippen LogP contribution in [-0.4, -0.2) is 61.6 Å². The van der Waals surface area contributed by atoms with E-state index in [0.29, 0.717) is 45.6 Å². The van der Waals surface area contributed by atoms with Gasteiger partial charge in [-0.2, -0.15) is 0 Å². The van der Waals surface area contributed by atoms with E-state index >= 15 is 0 Å². The fraction of sp³-hybridized carbons (Fsp3) is 0.417. The van der Waals surface area contributed by atoms with Crippen LogP contribution in [0.5, 0.6) is 5.75 Å². The lowest BCUT2D eigenvalue weighted by Crippen LogP contribution is -2.53. The zero-order valence-corrected chi connectivity index (χ0v) is 17.7. The zero-order chi connectivity index (χ0) is 21.2. The molecule has 1 fully saturated rings. The normalized spacial score (nSPS) is 13.8. The number of carbonyl (C=O) groups is 2. The van der Waals surface area contributed by atoms with E-state index in [1.54, 1.807) is 12.0 Å². The van der Waals surface area contributed by atoms with Gasteiger partial charge in [-0.05, 0) is 42.5 Å². The van der Waals surface area contributed by atoms with E-state index in [-0.39, 0.29) is 11.9 Å². The second-order valence-corrected chi connectivity index (χ2v) is 7.54. The predicted octanol–water partition coefficient (Wildman–Crippen LogP) is 3.11. The van der Waals surface area contributed by atoms with Gasteiger partial charge in [0.1, 0.15) is 5.75 Å². The number of aryl methyl sites for hydroxylation is 2. The van der Waals surface area contributed by atoms with Crippen molar-refractivity contribution in [3.63, 3.8) is 0 Å². The lowest BCUT2D eigenvalue weighted by Gasteiger charge is -2.34. The van der Waals surface area contributed by atoms with Crippen molar-refractivity contribution >= 4 is 11.9 Å². The van der Waals surface area contributed by atoms with Gasteiger partial charge in [0, 0.05) is 39.1 Å². The minimum Gasteiger partial charge on any atom is -0.497 e. The maximum absolute atomic E-state index is 12.5. The van der Waals surface area contributed by atoms with E-state index in [0.717, 1.165) is 24.2 Å². The molecule has 6 nitrogen and oxygen atoms in total. The lowest BCUT2D eigenvalue weighted by molar-refractivity contribution is -0.132. The third kappa shape index (κ3) is 6.51. The topological polar surface area (TPSA) is 61.9 Å². The van der Waals surface area contributed by atoms with Gasteiger partial charge in [-0.3, -0.25) is 4.79 Å². The summed E-state index contributed by atoms with van der Waals surface area (Å²) in [7, 11) is 1.64. The molecule has 1 aliphatic rings. The van der Waals surface area contributed by atoms with Crippen LogP contribution in [0.4, 0.5) is 4.79 Å². The average molecular weight is 410 g/mol. The number of carbonyl (C=O) groups excluding carboxylic acids is 2. The number of rotatable bonds is 8. The van der Waals surface area contributed by atoms with Gasteiger partial charge in [-0.1, -0.05) is 42.5 Å². The fourth-order valence-corrected chi connectivity index (χ4v) is 3.60. The number of hydrogen-bond acceptors (Lipinski definition) is 3. The molecule has 0 aromatic heterocycles. The molecule has 0 spiro atoms. The van der Waals surface area contributed by atoms with Crippen molar-refractivity contribution in [2.24, 2.45) is 0 Å². The number of urea groups is 1. The summed E-state index contributed by atoms with van der Waals surface area (Å²) in [4.78, 5) is 28.5. The van der Waals surface area contributed by atoms with Crippen molar-refractivity contribution in [1.82, 2.24) is 15.1 Å². The van der Waals surface area contributed by atoms with Crippen molar-refractivity contribution in [2.75, 3.05) is 39.8 Å². The molecule has 2 aromatic rings. The van der Waals surface area contributed by atoms with Crippen LogP contribution >= 0.6 is 0 Å². The van der Waals surface area contributed by atoms with Gasteiger partial charge in [0.25, 0.3) is 0 Å². The van der Waals surface area contributed by atoms with Crippen molar-refractivity contribution in [3.05, 3.63) is 65.7 Å². The molecule has 0 aliphatic carbocycles. The van der Waals surface area contributed by atoms with Gasteiger partial charge >= 0.3 is 6.03 Å². The Morgan fingerprint density at radius 2 is 1.50 bits per heavy atom. The Morgan fingerprint density at radius 3 is 2.17 bits per heavy atom. The second-order valence-electron chi connectivity index (χ2n) is 7.54. The van der Waals surface area contributed by atoms with Crippen molar-refractivity contribution < 1.29 is 14.3 Å².